The fourth-order valence-corrected chi connectivity index (χ4v) is 1.73. The maximum absolute atomic E-state index is 12.1. The molecule has 18 heavy (non-hydrogen) atoms. The Bertz CT molecular complexity index is 307. The van der Waals surface area contributed by atoms with Crippen molar-refractivity contribution in [1.82, 2.24) is 0 Å². The third-order valence-electron chi connectivity index (χ3n) is 2.36. The van der Waals surface area contributed by atoms with E-state index in [1.165, 1.54) is 0 Å². The van der Waals surface area contributed by atoms with E-state index in [-0.39, 0.29) is 18.8 Å². The number of hydrogen-bond donors (Lipinski definition) is 2. The number of carboxylic acids is 1. The molecule has 1 atom stereocenters. The van der Waals surface area contributed by atoms with Crippen molar-refractivity contribution >= 4 is 11.9 Å². The highest BCUT2D eigenvalue weighted by atomic mass is 16.6. The Hall–Kier alpha value is -1.10. The second-order valence-electron chi connectivity index (χ2n) is 6.15. The molecule has 106 valence electrons. The lowest BCUT2D eigenvalue weighted by atomic mass is 9.85. The molecule has 5 nitrogen and oxygen atoms in total. The number of ether oxygens (including phenoxy) is 1. The van der Waals surface area contributed by atoms with Crippen LogP contribution in [0.5, 0.6) is 0 Å². The third-order valence-corrected chi connectivity index (χ3v) is 2.36. The zero-order valence-electron chi connectivity index (χ0n) is 11.9. The summed E-state index contributed by atoms with van der Waals surface area (Å²) in [6.07, 6.45) is 0.368. The number of carbonyl (C=O) groups excluding carboxylic acids is 1. The second-order valence-corrected chi connectivity index (χ2v) is 6.15. The van der Waals surface area contributed by atoms with Crippen LogP contribution < -0.4 is 5.73 Å². The lowest BCUT2D eigenvalue weighted by molar-refractivity contribution is -0.163. The standard InChI is InChI=1S/C13H25NO4/c1-9(2)8-13(14,7-6-10(15)16)11(17)18-12(3,4)5/h9H,6-8,14H2,1-5H3,(H,15,16)/t13-/m1/s1. The van der Waals surface area contributed by atoms with Crippen LogP contribution in [0.3, 0.4) is 0 Å². The Morgan fingerprint density at radius 2 is 1.78 bits per heavy atom. The summed E-state index contributed by atoms with van der Waals surface area (Å²) >= 11 is 0. The molecule has 0 bridgehead atoms. The van der Waals surface area contributed by atoms with Gasteiger partial charge in [0.1, 0.15) is 11.1 Å². The van der Waals surface area contributed by atoms with Gasteiger partial charge in [0.25, 0.3) is 0 Å². The monoisotopic (exact) mass is 259 g/mol. The van der Waals surface area contributed by atoms with Crippen molar-refractivity contribution < 1.29 is 19.4 Å². The molecule has 0 saturated carbocycles. The highest BCUT2D eigenvalue weighted by Gasteiger charge is 2.38. The number of carbonyl (C=O) groups is 2. The van der Waals surface area contributed by atoms with Crippen LogP contribution in [0.15, 0.2) is 0 Å². The van der Waals surface area contributed by atoms with Crippen molar-refractivity contribution in [2.75, 3.05) is 0 Å². The van der Waals surface area contributed by atoms with E-state index in [0.29, 0.717) is 6.42 Å². The van der Waals surface area contributed by atoms with Crippen molar-refractivity contribution in [3.63, 3.8) is 0 Å². The molecule has 0 aromatic rings. The molecule has 3 N–H and O–H groups in total. The van der Waals surface area contributed by atoms with Gasteiger partial charge in [-0.2, -0.15) is 0 Å². The molecule has 0 aliphatic carbocycles. The van der Waals surface area contributed by atoms with Gasteiger partial charge in [0.05, 0.1) is 0 Å². The first kappa shape index (κ1) is 16.9. The molecule has 0 heterocycles. The van der Waals surface area contributed by atoms with Crippen molar-refractivity contribution in [3.05, 3.63) is 0 Å². The summed E-state index contributed by atoms with van der Waals surface area (Å²) in [5.41, 5.74) is 4.21. The van der Waals surface area contributed by atoms with E-state index in [1.54, 1.807) is 20.8 Å². The Balaban J connectivity index is 4.84. The van der Waals surface area contributed by atoms with Gasteiger partial charge in [-0.25, -0.2) is 0 Å². The predicted octanol–water partition coefficient (Wildman–Crippen LogP) is 1.94. The molecule has 0 unspecified atom stereocenters. The molecule has 0 amide bonds. The van der Waals surface area contributed by atoms with Gasteiger partial charge in [-0.15, -0.1) is 0 Å². The molecule has 5 heteroatoms. The fraction of sp³-hybridized carbons (Fsp3) is 0.846. The Kier molecular flexibility index (Phi) is 5.80. The molecule has 0 radical (unpaired) electrons. The van der Waals surface area contributed by atoms with Gasteiger partial charge in [-0.3, -0.25) is 9.59 Å². The summed E-state index contributed by atoms with van der Waals surface area (Å²) in [5, 5.41) is 8.72. The smallest absolute Gasteiger partial charge is 0.326 e. The number of carboxylic acid groups (broad SMARTS) is 1. The second kappa shape index (κ2) is 6.18. The normalized spacial score (nSPS) is 15.3. The Morgan fingerprint density at radius 3 is 2.11 bits per heavy atom. The molecule has 0 aromatic carbocycles. The van der Waals surface area contributed by atoms with Crippen LogP contribution in [-0.2, 0) is 14.3 Å². The third kappa shape index (κ3) is 6.59. The van der Waals surface area contributed by atoms with Gasteiger partial charge in [-0.1, -0.05) is 13.8 Å². The van der Waals surface area contributed by atoms with E-state index in [0.717, 1.165) is 0 Å². The first-order valence-electron chi connectivity index (χ1n) is 6.20. The van der Waals surface area contributed by atoms with Gasteiger partial charge < -0.3 is 15.6 Å². The van der Waals surface area contributed by atoms with Crippen molar-refractivity contribution in [2.24, 2.45) is 11.7 Å². The molecule has 0 spiro atoms. The minimum absolute atomic E-state index is 0.0927. The summed E-state index contributed by atoms with van der Waals surface area (Å²) in [4.78, 5) is 22.7. The highest BCUT2D eigenvalue weighted by molar-refractivity contribution is 5.81. The predicted molar refractivity (Wildman–Crippen MR) is 69.1 cm³/mol. The topological polar surface area (TPSA) is 89.6 Å². The van der Waals surface area contributed by atoms with Crippen molar-refractivity contribution in [1.29, 1.82) is 0 Å². The molecule has 0 aliphatic heterocycles. The highest BCUT2D eigenvalue weighted by Crippen LogP contribution is 2.24. The summed E-state index contributed by atoms with van der Waals surface area (Å²) < 4.78 is 5.28. The largest absolute Gasteiger partial charge is 0.481 e. The summed E-state index contributed by atoms with van der Waals surface area (Å²) in [6.45, 7) is 9.16. The molecular formula is C13H25NO4. The molecular weight excluding hydrogens is 234 g/mol. The van der Waals surface area contributed by atoms with Crippen LogP contribution in [-0.4, -0.2) is 28.2 Å². The summed E-state index contributed by atoms with van der Waals surface area (Å²) in [5.74, 6) is -1.29. The van der Waals surface area contributed by atoms with E-state index in [2.05, 4.69) is 0 Å². The number of esters is 1. The first-order chi connectivity index (χ1) is 7.96. The summed E-state index contributed by atoms with van der Waals surface area (Å²) in [6, 6.07) is 0. The van der Waals surface area contributed by atoms with Crippen LogP contribution in [0.4, 0.5) is 0 Å². The molecule has 0 fully saturated rings. The SMILES string of the molecule is CC(C)C[C@](N)(CCC(=O)O)C(=O)OC(C)(C)C. The maximum Gasteiger partial charge on any atom is 0.326 e. The minimum Gasteiger partial charge on any atom is -0.481 e. The Labute approximate surface area is 109 Å². The van der Waals surface area contributed by atoms with E-state index in [9.17, 15) is 9.59 Å². The van der Waals surface area contributed by atoms with E-state index < -0.39 is 23.1 Å². The quantitative estimate of drug-likeness (QED) is 0.711. The molecule has 0 aromatic heterocycles. The Morgan fingerprint density at radius 1 is 1.28 bits per heavy atom. The number of hydrogen-bond acceptors (Lipinski definition) is 4. The number of aliphatic carboxylic acids is 1. The van der Waals surface area contributed by atoms with Crippen LogP contribution in [0.25, 0.3) is 0 Å². The lowest BCUT2D eigenvalue weighted by Gasteiger charge is -2.32. The summed E-state index contributed by atoms with van der Waals surface area (Å²) in [7, 11) is 0. The zero-order chi connectivity index (χ0) is 14.6. The molecule has 0 rings (SSSR count). The van der Waals surface area contributed by atoms with Crippen LogP contribution in [0.2, 0.25) is 0 Å². The minimum atomic E-state index is -1.22. The fourth-order valence-electron chi connectivity index (χ4n) is 1.73. The van der Waals surface area contributed by atoms with E-state index in [4.69, 9.17) is 15.6 Å². The number of nitrogens with two attached hydrogens (primary N) is 1. The van der Waals surface area contributed by atoms with Crippen molar-refractivity contribution in [2.45, 2.75) is 65.0 Å². The van der Waals surface area contributed by atoms with Crippen LogP contribution in [0, 0.1) is 5.92 Å². The molecule has 0 saturated heterocycles. The molecule has 0 aliphatic rings. The lowest BCUT2D eigenvalue weighted by Crippen LogP contribution is -2.52. The van der Waals surface area contributed by atoms with E-state index in [1.807, 2.05) is 13.8 Å². The van der Waals surface area contributed by atoms with Crippen LogP contribution in [0.1, 0.15) is 53.9 Å². The van der Waals surface area contributed by atoms with Crippen LogP contribution >= 0.6 is 0 Å². The van der Waals surface area contributed by atoms with Crippen molar-refractivity contribution in [3.8, 4) is 0 Å². The van der Waals surface area contributed by atoms with E-state index >= 15 is 0 Å². The van der Waals surface area contributed by atoms with Gasteiger partial charge in [-0.05, 0) is 39.5 Å². The van der Waals surface area contributed by atoms with Gasteiger partial charge >= 0.3 is 11.9 Å². The van der Waals surface area contributed by atoms with Gasteiger partial charge in [0.15, 0.2) is 0 Å². The average molecular weight is 259 g/mol. The van der Waals surface area contributed by atoms with Gasteiger partial charge in [0, 0.05) is 6.42 Å². The number of rotatable bonds is 6. The zero-order valence-corrected chi connectivity index (χ0v) is 11.9. The first-order valence-corrected chi connectivity index (χ1v) is 6.20. The maximum atomic E-state index is 12.1. The van der Waals surface area contributed by atoms with Gasteiger partial charge in [0.2, 0.25) is 0 Å². The average Bonchev–Trinajstić information content (AvgIpc) is 2.10.